The monoisotopic (exact) mass is 202 g/mol. The predicted octanol–water partition coefficient (Wildman–Crippen LogP) is 2.65. The highest BCUT2D eigenvalue weighted by molar-refractivity contribution is 6.18. The van der Waals surface area contributed by atoms with Gasteiger partial charge >= 0.3 is 0 Å². The quantitative estimate of drug-likeness (QED) is 0.763. The first kappa shape index (κ1) is 10.3. The van der Waals surface area contributed by atoms with E-state index < -0.39 is 0 Å². The molecule has 1 rings (SSSR count). The van der Waals surface area contributed by atoms with E-state index >= 15 is 0 Å². The van der Waals surface area contributed by atoms with Gasteiger partial charge in [-0.25, -0.2) is 9.37 Å². The van der Waals surface area contributed by atoms with Gasteiger partial charge in [-0.3, -0.25) is 0 Å². The number of hydrogen-bond donors (Lipinski definition) is 1. The molecule has 4 heteroatoms. The van der Waals surface area contributed by atoms with E-state index in [0.29, 0.717) is 5.88 Å². The Morgan fingerprint density at radius 2 is 2.31 bits per heavy atom. The molecule has 0 fully saturated rings. The molecular formula is C9H12ClFN2. The first-order valence-corrected chi connectivity index (χ1v) is 4.53. The first-order chi connectivity index (χ1) is 6.05. The van der Waals surface area contributed by atoms with E-state index in [9.17, 15) is 4.39 Å². The van der Waals surface area contributed by atoms with E-state index in [0.717, 1.165) is 0 Å². The van der Waals surface area contributed by atoms with Crippen molar-refractivity contribution >= 4 is 17.4 Å². The summed E-state index contributed by atoms with van der Waals surface area (Å²) in [6.45, 7) is 3.77. The fourth-order valence-electron chi connectivity index (χ4n) is 0.832. The standard InChI is InChI=1S/C9H12ClFN2/c1-9(2,6-10)13-8-7(11)4-3-5-12-8/h3-5H,6H2,1-2H3,(H,12,13). The Labute approximate surface area is 82.1 Å². The minimum atomic E-state index is -0.360. The van der Waals surface area contributed by atoms with Crippen LogP contribution in [0.4, 0.5) is 10.2 Å². The van der Waals surface area contributed by atoms with Gasteiger partial charge in [0, 0.05) is 17.6 Å². The summed E-state index contributed by atoms with van der Waals surface area (Å²) in [5.74, 6) is 0.275. The average molecular weight is 203 g/mol. The van der Waals surface area contributed by atoms with Crippen molar-refractivity contribution in [1.82, 2.24) is 4.98 Å². The number of pyridine rings is 1. The fourth-order valence-corrected chi connectivity index (χ4v) is 0.898. The third kappa shape index (κ3) is 2.84. The molecule has 0 saturated heterocycles. The number of halogens is 2. The lowest BCUT2D eigenvalue weighted by Crippen LogP contribution is -2.33. The molecule has 0 bridgehead atoms. The largest absolute Gasteiger partial charge is 0.362 e. The van der Waals surface area contributed by atoms with Crippen molar-refractivity contribution < 1.29 is 4.39 Å². The Bertz CT molecular complexity index is 289. The van der Waals surface area contributed by atoms with Gasteiger partial charge in [0.1, 0.15) is 0 Å². The van der Waals surface area contributed by atoms with Gasteiger partial charge in [-0.1, -0.05) is 0 Å². The van der Waals surface area contributed by atoms with Crippen molar-refractivity contribution in [3.8, 4) is 0 Å². The highest BCUT2D eigenvalue weighted by Crippen LogP contribution is 2.16. The molecule has 0 aromatic carbocycles. The minimum absolute atomic E-state index is 0.244. The molecule has 2 nitrogen and oxygen atoms in total. The second-order valence-corrected chi connectivity index (χ2v) is 3.74. The Kier molecular flexibility index (Phi) is 3.09. The van der Waals surface area contributed by atoms with Crippen molar-refractivity contribution in [3.05, 3.63) is 24.1 Å². The molecule has 0 amide bonds. The molecule has 1 aromatic heterocycles. The normalized spacial score (nSPS) is 11.4. The Morgan fingerprint density at radius 3 is 2.85 bits per heavy atom. The lowest BCUT2D eigenvalue weighted by Gasteiger charge is -2.23. The lowest BCUT2D eigenvalue weighted by molar-refractivity contribution is 0.594. The summed E-state index contributed by atoms with van der Waals surface area (Å²) in [5, 5.41) is 2.92. The lowest BCUT2D eigenvalue weighted by atomic mass is 10.1. The van der Waals surface area contributed by atoms with E-state index in [1.165, 1.54) is 12.3 Å². The summed E-state index contributed by atoms with van der Waals surface area (Å²) >= 11 is 5.68. The highest BCUT2D eigenvalue weighted by Gasteiger charge is 2.17. The Hall–Kier alpha value is -0.830. The summed E-state index contributed by atoms with van der Waals surface area (Å²) in [6.07, 6.45) is 1.54. The third-order valence-electron chi connectivity index (χ3n) is 1.55. The second kappa shape index (κ2) is 3.92. The molecule has 1 aromatic rings. The van der Waals surface area contributed by atoms with Crippen LogP contribution in [0.3, 0.4) is 0 Å². The van der Waals surface area contributed by atoms with Gasteiger partial charge in [0.15, 0.2) is 11.6 Å². The number of alkyl halides is 1. The van der Waals surface area contributed by atoms with E-state index in [1.54, 1.807) is 6.07 Å². The molecule has 0 aliphatic carbocycles. The zero-order chi connectivity index (χ0) is 9.90. The summed E-state index contributed by atoms with van der Waals surface area (Å²) < 4.78 is 13.1. The Balaban J connectivity index is 2.80. The molecule has 0 atom stereocenters. The number of aromatic nitrogens is 1. The molecule has 72 valence electrons. The van der Waals surface area contributed by atoms with Crippen molar-refractivity contribution in [2.45, 2.75) is 19.4 Å². The van der Waals surface area contributed by atoms with Crippen LogP contribution in [0.5, 0.6) is 0 Å². The fraction of sp³-hybridized carbons (Fsp3) is 0.444. The van der Waals surface area contributed by atoms with Crippen LogP contribution >= 0.6 is 11.6 Å². The van der Waals surface area contributed by atoms with Gasteiger partial charge in [0.05, 0.1) is 0 Å². The van der Waals surface area contributed by atoms with Gasteiger partial charge in [0.25, 0.3) is 0 Å². The number of rotatable bonds is 3. The summed E-state index contributed by atoms with van der Waals surface area (Å²) in [6, 6.07) is 2.91. The number of hydrogen-bond acceptors (Lipinski definition) is 2. The van der Waals surface area contributed by atoms with Crippen LogP contribution in [0.2, 0.25) is 0 Å². The maximum atomic E-state index is 13.1. The van der Waals surface area contributed by atoms with Gasteiger partial charge < -0.3 is 5.32 Å². The first-order valence-electron chi connectivity index (χ1n) is 4.00. The summed E-state index contributed by atoms with van der Waals surface area (Å²) in [7, 11) is 0. The predicted molar refractivity (Wildman–Crippen MR) is 52.6 cm³/mol. The SMILES string of the molecule is CC(C)(CCl)Nc1ncccc1F. The molecule has 13 heavy (non-hydrogen) atoms. The molecule has 0 radical (unpaired) electrons. The molecule has 0 saturated carbocycles. The molecule has 1 N–H and O–H groups in total. The van der Waals surface area contributed by atoms with E-state index in [1.807, 2.05) is 13.8 Å². The molecule has 1 heterocycles. The van der Waals surface area contributed by atoms with Gasteiger partial charge in [0.2, 0.25) is 0 Å². The number of nitrogens with zero attached hydrogens (tertiary/aromatic N) is 1. The van der Waals surface area contributed by atoms with Crippen LogP contribution in [0, 0.1) is 5.82 Å². The maximum absolute atomic E-state index is 13.1. The van der Waals surface area contributed by atoms with E-state index in [4.69, 9.17) is 11.6 Å². The van der Waals surface area contributed by atoms with E-state index in [-0.39, 0.29) is 17.2 Å². The van der Waals surface area contributed by atoms with Crippen LogP contribution in [0.15, 0.2) is 18.3 Å². The van der Waals surface area contributed by atoms with Crippen molar-refractivity contribution in [1.29, 1.82) is 0 Å². The minimum Gasteiger partial charge on any atom is -0.362 e. The van der Waals surface area contributed by atoms with Crippen LogP contribution in [-0.2, 0) is 0 Å². The number of anilines is 1. The molecule has 0 spiro atoms. The van der Waals surface area contributed by atoms with Crippen LogP contribution in [0.25, 0.3) is 0 Å². The highest BCUT2D eigenvalue weighted by atomic mass is 35.5. The van der Waals surface area contributed by atoms with E-state index in [2.05, 4.69) is 10.3 Å². The zero-order valence-corrected chi connectivity index (χ0v) is 8.40. The van der Waals surface area contributed by atoms with Crippen LogP contribution < -0.4 is 5.32 Å². The van der Waals surface area contributed by atoms with Crippen molar-refractivity contribution in [2.75, 3.05) is 11.2 Å². The Morgan fingerprint density at radius 1 is 1.62 bits per heavy atom. The number of nitrogens with one attached hydrogen (secondary N) is 1. The average Bonchev–Trinajstić information content (AvgIpc) is 2.09. The summed E-state index contributed by atoms with van der Waals surface area (Å²) in [5.41, 5.74) is -0.350. The van der Waals surface area contributed by atoms with Crippen molar-refractivity contribution in [2.24, 2.45) is 0 Å². The molecule has 0 aliphatic rings. The zero-order valence-electron chi connectivity index (χ0n) is 7.64. The summed E-state index contributed by atoms with van der Waals surface area (Å²) in [4.78, 5) is 3.87. The van der Waals surface area contributed by atoms with Gasteiger partial charge in [-0.2, -0.15) is 0 Å². The van der Waals surface area contributed by atoms with Gasteiger partial charge in [-0.05, 0) is 26.0 Å². The molecular weight excluding hydrogens is 191 g/mol. The van der Waals surface area contributed by atoms with Gasteiger partial charge in [-0.15, -0.1) is 11.6 Å². The van der Waals surface area contributed by atoms with Crippen molar-refractivity contribution in [3.63, 3.8) is 0 Å². The molecule has 0 unspecified atom stereocenters. The second-order valence-electron chi connectivity index (χ2n) is 3.48. The molecule has 0 aliphatic heterocycles. The third-order valence-corrected chi connectivity index (χ3v) is 2.22. The topological polar surface area (TPSA) is 24.9 Å². The van der Waals surface area contributed by atoms with Crippen LogP contribution in [0.1, 0.15) is 13.8 Å². The van der Waals surface area contributed by atoms with Crippen LogP contribution in [-0.4, -0.2) is 16.4 Å². The maximum Gasteiger partial charge on any atom is 0.165 e. The smallest absolute Gasteiger partial charge is 0.165 e.